The summed E-state index contributed by atoms with van der Waals surface area (Å²) in [4.78, 5) is 8.33. The van der Waals surface area contributed by atoms with Gasteiger partial charge in [0.2, 0.25) is 0 Å². The Hall–Kier alpha value is -1.26. The predicted octanol–water partition coefficient (Wildman–Crippen LogP) is 2.43. The fraction of sp³-hybridized carbons (Fsp3) is 0.333. The summed E-state index contributed by atoms with van der Waals surface area (Å²) in [6.07, 6.45) is 6.30. The maximum Gasteiger partial charge on any atom is 0.0753 e. The molecule has 0 spiro atoms. The van der Waals surface area contributed by atoms with Crippen molar-refractivity contribution < 1.29 is 0 Å². The summed E-state index contributed by atoms with van der Waals surface area (Å²) in [6, 6.07) is 2.42. The normalized spacial score (nSPS) is 12.6. The number of hydrogen-bond acceptors (Lipinski definition) is 4. The van der Waals surface area contributed by atoms with Gasteiger partial charge < -0.3 is 5.32 Å². The van der Waals surface area contributed by atoms with E-state index in [9.17, 15) is 0 Å². The summed E-state index contributed by atoms with van der Waals surface area (Å²) in [5, 5.41) is 7.74. The van der Waals surface area contributed by atoms with E-state index in [1.165, 1.54) is 5.56 Å². The zero-order chi connectivity index (χ0) is 11.2. The first-order chi connectivity index (χ1) is 7.86. The molecule has 0 aliphatic rings. The van der Waals surface area contributed by atoms with Crippen LogP contribution in [0.3, 0.4) is 0 Å². The monoisotopic (exact) mass is 233 g/mol. The van der Waals surface area contributed by atoms with Gasteiger partial charge in [-0.25, -0.2) is 0 Å². The topological polar surface area (TPSA) is 37.8 Å². The highest BCUT2D eigenvalue weighted by atomic mass is 32.1. The summed E-state index contributed by atoms with van der Waals surface area (Å²) in [5.41, 5.74) is 2.39. The lowest BCUT2D eigenvalue weighted by molar-refractivity contribution is 0.562. The second kappa shape index (κ2) is 5.72. The lowest BCUT2D eigenvalue weighted by Crippen LogP contribution is -2.22. The molecule has 0 aliphatic heterocycles. The van der Waals surface area contributed by atoms with E-state index in [2.05, 4.69) is 39.0 Å². The molecule has 0 aromatic carbocycles. The second-order valence-electron chi connectivity index (χ2n) is 3.69. The van der Waals surface area contributed by atoms with Gasteiger partial charge >= 0.3 is 0 Å². The smallest absolute Gasteiger partial charge is 0.0753 e. The van der Waals surface area contributed by atoms with E-state index in [1.807, 2.05) is 6.20 Å². The van der Waals surface area contributed by atoms with E-state index in [0.717, 1.165) is 18.7 Å². The standard InChI is InChI=1S/C12H15N3S/c1-10(12-8-13-5-6-15-12)14-4-2-11-3-7-16-9-11/h3,5-10,14H,2,4H2,1H3. The molecule has 3 nitrogen and oxygen atoms in total. The Balaban J connectivity index is 1.78. The Morgan fingerprint density at radius 2 is 2.38 bits per heavy atom. The number of nitrogens with zero attached hydrogens (tertiary/aromatic N) is 2. The van der Waals surface area contributed by atoms with Crippen LogP contribution in [0.2, 0.25) is 0 Å². The first-order valence-electron chi connectivity index (χ1n) is 5.36. The van der Waals surface area contributed by atoms with Gasteiger partial charge in [-0.3, -0.25) is 9.97 Å². The molecule has 2 heterocycles. The van der Waals surface area contributed by atoms with Crippen LogP contribution in [0.15, 0.2) is 35.4 Å². The SMILES string of the molecule is CC(NCCc1ccsc1)c1cnccn1. The van der Waals surface area contributed by atoms with Crippen LogP contribution in [0.25, 0.3) is 0 Å². The highest BCUT2D eigenvalue weighted by Crippen LogP contribution is 2.08. The van der Waals surface area contributed by atoms with Gasteiger partial charge in [0.05, 0.1) is 5.69 Å². The van der Waals surface area contributed by atoms with E-state index in [-0.39, 0.29) is 6.04 Å². The molecule has 16 heavy (non-hydrogen) atoms. The Kier molecular flexibility index (Phi) is 4.02. The predicted molar refractivity (Wildman–Crippen MR) is 66.5 cm³/mol. The number of aromatic nitrogens is 2. The molecule has 0 radical (unpaired) electrons. The van der Waals surface area contributed by atoms with Gasteiger partial charge in [0.1, 0.15) is 0 Å². The Morgan fingerprint density at radius 3 is 3.06 bits per heavy atom. The molecule has 4 heteroatoms. The van der Waals surface area contributed by atoms with E-state index >= 15 is 0 Å². The van der Waals surface area contributed by atoms with Gasteiger partial charge in [-0.1, -0.05) is 0 Å². The molecule has 0 saturated heterocycles. The van der Waals surface area contributed by atoms with Gasteiger partial charge in [-0.2, -0.15) is 11.3 Å². The maximum atomic E-state index is 4.27. The summed E-state index contributed by atoms with van der Waals surface area (Å²) in [5.74, 6) is 0. The minimum Gasteiger partial charge on any atom is -0.308 e. The van der Waals surface area contributed by atoms with Gasteiger partial charge in [0, 0.05) is 24.6 Å². The van der Waals surface area contributed by atoms with E-state index in [1.54, 1.807) is 23.7 Å². The third-order valence-electron chi connectivity index (χ3n) is 2.47. The maximum absolute atomic E-state index is 4.27. The lowest BCUT2D eigenvalue weighted by Gasteiger charge is -2.11. The van der Waals surface area contributed by atoms with Crippen LogP contribution in [0.5, 0.6) is 0 Å². The number of thiophene rings is 1. The largest absolute Gasteiger partial charge is 0.308 e. The van der Waals surface area contributed by atoms with E-state index < -0.39 is 0 Å². The van der Waals surface area contributed by atoms with Crippen molar-refractivity contribution in [3.63, 3.8) is 0 Å². The highest BCUT2D eigenvalue weighted by Gasteiger charge is 2.05. The van der Waals surface area contributed by atoms with Crippen LogP contribution < -0.4 is 5.32 Å². The van der Waals surface area contributed by atoms with Crippen molar-refractivity contribution in [1.29, 1.82) is 0 Å². The molecule has 84 valence electrons. The molecule has 2 aromatic rings. The van der Waals surface area contributed by atoms with Crippen LogP contribution in [-0.2, 0) is 6.42 Å². The number of hydrogen-bond donors (Lipinski definition) is 1. The average Bonchev–Trinajstić information content (AvgIpc) is 2.83. The lowest BCUT2D eigenvalue weighted by atomic mass is 10.2. The molecule has 1 atom stereocenters. The van der Waals surface area contributed by atoms with Gasteiger partial charge in [-0.05, 0) is 42.3 Å². The molecule has 1 N–H and O–H groups in total. The van der Waals surface area contributed by atoms with Crippen molar-refractivity contribution in [3.8, 4) is 0 Å². The van der Waals surface area contributed by atoms with Crippen molar-refractivity contribution in [3.05, 3.63) is 46.7 Å². The first kappa shape index (κ1) is 11.2. The molecule has 0 fully saturated rings. The number of rotatable bonds is 5. The minimum absolute atomic E-state index is 0.257. The van der Waals surface area contributed by atoms with Crippen molar-refractivity contribution in [1.82, 2.24) is 15.3 Å². The summed E-state index contributed by atoms with van der Waals surface area (Å²) in [7, 11) is 0. The first-order valence-corrected chi connectivity index (χ1v) is 6.31. The Bertz CT molecular complexity index is 399. The minimum atomic E-state index is 0.257. The number of nitrogens with one attached hydrogen (secondary N) is 1. The quantitative estimate of drug-likeness (QED) is 0.862. The van der Waals surface area contributed by atoms with Crippen LogP contribution in [0, 0.1) is 0 Å². The molecule has 2 rings (SSSR count). The third-order valence-corrected chi connectivity index (χ3v) is 3.20. The van der Waals surface area contributed by atoms with Gasteiger partial charge in [0.25, 0.3) is 0 Å². The molecular formula is C12H15N3S. The van der Waals surface area contributed by atoms with Crippen molar-refractivity contribution in [2.75, 3.05) is 6.54 Å². The van der Waals surface area contributed by atoms with E-state index in [4.69, 9.17) is 0 Å². The molecule has 0 saturated carbocycles. The molecule has 0 aliphatic carbocycles. The molecule has 1 unspecified atom stereocenters. The van der Waals surface area contributed by atoms with E-state index in [0.29, 0.717) is 0 Å². The van der Waals surface area contributed by atoms with Crippen molar-refractivity contribution >= 4 is 11.3 Å². The Labute approximate surface area is 99.6 Å². The molecule has 0 bridgehead atoms. The van der Waals surface area contributed by atoms with Crippen LogP contribution in [0.4, 0.5) is 0 Å². The van der Waals surface area contributed by atoms with Crippen molar-refractivity contribution in [2.45, 2.75) is 19.4 Å². The molecular weight excluding hydrogens is 218 g/mol. The fourth-order valence-corrected chi connectivity index (χ4v) is 2.21. The summed E-state index contributed by atoms with van der Waals surface area (Å²) in [6.45, 7) is 3.08. The van der Waals surface area contributed by atoms with Gasteiger partial charge in [-0.15, -0.1) is 0 Å². The third kappa shape index (κ3) is 3.12. The average molecular weight is 233 g/mol. The summed E-state index contributed by atoms with van der Waals surface area (Å²) < 4.78 is 0. The Morgan fingerprint density at radius 1 is 1.44 bits per heavy atom. The molecule has 2 aromatic heterocycles. The second-order valence-corrected chi connectivity index (χ2v) is 4.47. The zero-order valence-electron chi connectivity index (χ0n) is 9.26. The zero-order valence-corrected chi connectivity index (χ0v) is 10.1. The van der Waals surface area contributed by atoms with Crippen LogP contribution in [-0.4, -0.2) is 16.5 Å². The van der Waals surface area contributed by atoms with Gasteiger partial charge in [0.15, 0.2) is 0 Å². The van der Waals surface area contributed by atoms with Crippen LogP contribution in [0.1, 0.15) is 24.2 Å². The highest BCUT2D eigenvalue weighted by molar-refractivity contribution is 7.07. The summed E-state index contributed by atoms with van der Waals surface area (Å²) >= 11 is 1.74. The molecule has 0 amide bonds. The van der Waals surface area contributed by atoms with Crippen LogP contribution >= 0.6 is 11.3 Å². The fourth-order valence-electron chi connectivity index (χ4n) is 1.51. The van der Waals surface area contributed by atoms with Crippen molar-refractivity contribution in [2.24, 2.45) is 0 Å².